The fraction of sp³-hybridized carbons (Fsp3) is 0.231. The fourth-order valence-corrected chi connectivity index (χ4v) is 4.09. The summed E-state index contributed by atoms with van der Waals surface area (Å²) in [4.78, 5) is 27.6. The van der Waals surface area contributed by atoms with Crippen molar-refractivity contribution in [2.75, 3.05) is 6.61 Å². The first-order chi connectivity index (χ1) is 16.0. The molecular formula is C26H24BrNO5. The summed E-state index contributed by atoms with van der Waals surface area (Å²) in [6, 6.07) is 17.0. The number of halogens is 1. The van der Waals surface area contributed by atoms with Crippen LogP contribution in [-0.2, 0) is 16.1 Å². The van der Waals surface area contributed by atoms with E-state index in [1.807, 2.05) is 24.3 Å². The van der Waals surface area contributed by atoms with Gasteiger partial charge in [0.05, 0.1) is 31.0 Å². The molecule has 0 spiro atoms. The van der Waals surface area contributed by atoms with Gasteiger partial charge >= 0.3 is 0 Å². The van der Waals surface area contributed by atoms with Crippen LogP contribution in [0.15, 0.2) is 81.4 Å². The quantitative estimate of drug-likeness (QED) is 0.178. The van der Waals surface area contributed by atoms with E-state index in [0.717, 1.165) is 17.3 Å². The Morgan fingerprint density at radius 1 is 1.12 bits per heavy atom. The van der Waals surface area contributed by atoms with Crippen LogP contribution < -0.4 is 4.74 Å². The van der Waals surface area contributed by atoms with Gasteiger partial charge in [-0.3, -0.25) is 9.59 Å². The van der Waals surface area contributed by atoms with Gasteiger partial charge in [0.15, 0.2) is 0 Å². The maximum absolute atomic E-state index is 13.1. The summed E-state index contributed by atoms with van der Waals surface area (Å²) >= 11 is 3.42. The number of benzene rings is 2. The van der Waals surface area contributed by atoms with E-state index in [2.05, 4.69) is 22.9 Å². The highest BCUT2D eigenvalue weighted by atomic mass is 79.9. The third-order valence-electron chi connectivity index (χ3n) is 5.51. The average molecular weight is 510 g/mol. The summed E-state index contributed by atoms with van der Waals surface area (Å²) in [6.07, 6.45) is 3.44. The van der Waals surface area contributed by atoms with E-state index >= 15 is 0 Å². The lowest BCUT2D eigenvalue weighted by Gasteiger charge is -2.24. The molecule has 7 heteroatoms. The number of aliphatic hydroxyl groups is 1. The van der Waals surface area contributed by atoms with E-state index < -0.39 is 17.7 Å². The number of likely N-dealkylation sites (tertiary alicyclic amines) is 1. The van der Waals surface area contributed by atoms with Crippen molar-refractivity contribution in [1.82, 2.24) is 4.90 Å². The second kappa shape index (κ2) is 10.1. The van der Waals surface area contributed by atoms with Crippen LogP contribution in [0.2, 0.25) is 0 Å². The zero-order chi connectivity index (χ0) is 23.4. The van der Waals surface area contributed by atoms with Crippen molar-refractivity contribution in [2.24, 2.45) is 0 Å². The van der Waals surface area contributed by atoms with Gasteiger partial charge < -0.3 is 19.2 Å². The minimum absolute atomic E-state index is 0.0413. The van der Waals surface area contributed by atoms with Crippen LogP contribution in [-0.4, -0.2) is 28.3 Å². The Morgan fingerprint density at radius 3 is 2.61 bits per heavy atom. The van der Waals surface area contributed by atoms with Crippen molar-refractivity contribution < 1.29 is 23.8 Å². The number of ether oxygens (including phenoxy) is 1. The lowest BCUT2D eigenvalue weighted by molar-refractivity contribution is -0.140. The molecule has 0 radical (unpaired) electrons. The lowest BCUT2D eigenvalue weighted by Crippen LogP contribution is -2.29. The van der Waals surface area contributed by atoms with Gasteiger partial charge in [-0.25, -0.2) is 0 Å². The molecular weight excluding hydrogens is 486 g/mol. The number of Topliss-reactive ketones (excluding diaryl/α,β-unsaturated/α-hetero) is 1. The maximum atomic E-state index is 13.1. The largest absolute Gasteiger partial charge is 0.507 e. The first-order valence-electron chi connectivity index (χ1n) is 10.8. The number of unbranched alkanes of at least 4 members (excludes halogenated alkanes) is 1. The Hall–Kier alpha value is -3.32. The highest BCUT2D eigenvalue weighted by Gasteiger charge is 2.46. The Kier molecular flexibility index (Phi) is 6.99. The van der Waals surface area contributed by atoms with E-state index in [1.54, 1.807) is 36.4 Å². The molecule has 1 aromatic heterocycles. The summed E-state index contributed by atoms with van der Waals surface area (Å²) in [7, 11) is 0. The fourth-order valence-electron chi connectivity index (χ4n) is 3.83. The standard InChI is InChI=1S/C26H24BrNO5/c1-2-3-13-32-20-7-4-6-18(15-20)24(29)22-23(17-9-11-19(27)12-10-17)28(26(31)25(22)30)16-21-8-5-14-33-21/h4-12,14-15,23,29H,2-3,13,16H2,1H3/b24-22+. The van der Waals surface area contributed by atoms with Crippen molar-refractivity contribution in [1.29, 1.82) is 0 Å². The van der Waals surface area contributed by atoms with Gasteiger partial charge in [0.25, 0.3) is 11.7 Å². The number of hydrogen-bond acceptors (Lipinski definition) is 5. The summed E-state index contributed by atoms with van der Waals surface area (Å²) in [5.41, 5.74) is 1.17. The van der Waals surface area contributed by atoms with Gasteiger partial charge in [-0.2, -0.15) is 0 Å². The SMILES string of the molecule is CCCCOc1cccc(/C(O)=C2\C(=O)C(=O)N(Cc3ccco3)C2c2ccc(Br)cc2)c1. The van der Waals surface area contributed by atoms with Gasteiger partial charge in [0.2, 0.25) is 0 Å². The molecule has 1 aliphatic rings. The molecule has 33 heavy (non-hydrogen) atoms. The number of ketones is 1. The lowest BCUT2D eigenvalue weighted by atomic mass is 9.95. The minimum Gasteiger partial charge on any atom is -0.507 e. The number of aliphatic hydroxyl groups excluding tert-OH is 1. The summed E-state index contributed by atoms with van der Waals surface area (Å²) in [5, 5.41) is 11.2. The Morgan fingerprint density at radius 2 is 1.91 bits per heavy atom. The van der Waals surface area contributed by atoms with Crippen LogP contribution in [0.3, 0.4) is 0 Å². The molecule has 1 amide bonds. The van der Waals surface area contributed by atoms with Crippen LogP contribution >= 0.6 is 15.9 Å². The number of carbonyl (C=O) groups excluding carboxylic acids is 2. The monoisotopic (exact) mass is 509 g/mol. The van der Waals surface area contributed by atoms with Gasteiger partial charge in [-0.15, -0.1) is 0 Å². The molecule has 6 nitrogen and oxygen atoms in total. The van der Waals surface area contributed by atoms with Crippen molar-refractivity contribution in [3.05, 3.63) is 93.9 Å². The van der Waals surface area contributed by atoms with Gasteiger partial charge in [0, 0.05) is 10.0 Å². The molecule has 0 bridgehead atoms. The van der Waals surface area contributed by atoms with E-state index in [0.29, 0.717) is 29.2 Å². The van der Waals surface area contributed by atoms with Crippen LogP contribution in [0.1, 0.15) is 42.7 Å². The molecule has 0 saturated carbocycles. The van der Waals surface area contributed by atoms with E-state index in [1.165, 1.54) is 11.2 Å². The van der Waals surface area contributed by atoms with E-state index in [9.17, 15) is 14.7 Å². The van der Waals surface area contributed by atoms with Crippen LogP contribution in [0.25, 0.3) is 5.76 Å². The predicted octanol–water partition coefficient (Wildman–Crippen LogP) is 5.84. The molecule has 1 fully saturated rings. The third kappa shape index (κ3) is 4.88. The topological polar surface area (TPSA) is 80.0 Å². The van der Waals surface area contributed by atoms with E-state index in [-0.39, 0.29) is 17.9 Å². The summed E-state index contributed by atoms with van der Waals surface area (Å²) in [6.45, 7) is 2.75. The summed E-state index contributed by atoms with van der Waals surface area (Å²) < 4.78 is 12.0. The number of nitrogens with zero attached hydrogens (tertiary/aromatic N) is 1. The Labute approximate surface area is 200 Å². The molecule has 1 saturated heterocycles. The van der Waals surface area contributed by atoms with Gasteiger partial charge in [-0.05, 0) is 48.4 Å². The second-order valence-electron chi connectivity index (χ2n) is 7.79. The molecule has 0 aliphatic carbocycles. The van der Waals surface area contributed by atoms with Crippen LogP contribution in [0.5, 0.6) is 5.75 Å². The van der Waals surface area contributed by atoms with Crippen LogP contribution in [0, 0.1) is 0 Å². The predicted molar refractivity (Wildman–Crippen MR) is 128 cm³/mol. The minimum atomic E-state index is -0.757. The number of hydrogen-bond donors (Lipinski definition) is 1. The van der Waals surface area contributed by atoms with Gasteiger partial charge in [-0.1, -0.05) is 53.5 Å². The number of rotatable bonds is 8. The molecule has 1 aliphatic heterocycles. The van der Waals surface area contributed by atoms with E-state index in [4.69, 9.17) is 9.15 Å². The molecule has 1 atom stereocenters. The van der Waals surface area contributed by atoms with Crippen molar-refractivity contribution in [2.45, 2.75) is 32.4 Å². The summed E-state index contributed by atoms with van der Waals surface area (Å²) in [5.74, 6) is -0.507. The Balaban J connectivity index is 1.78. The smallest absolute Gasteiger partial charge is 0.296 e. The number of amides is 1. The zero-order valence-corrected chi connectivity index (χ0v) is 19.7. The first kappa shape index (κ1) is 22.9. The molecule has 1 unspecified atom stereocenters. The van der Waals surface area contributed by atoms with Gasteiger partial charge in [0.1, 0.15) is 17.3 Å². The normalized spacial score (nSPS) is 17.5. The zero-order valence-electron chi connectivity index (χ0n) is 18.2. The molecule has 3 aromatic rings. The first-order valence-corrected chi connectivity index (χ1v) is 11.6. The second-order valence-corrected chi connectivity index (χ2v) is 8.70. The molecule has 2 aromatic carbocycles. The number of furan rings is 1. The molecule has 170 valence electrons. The third-order valence-corrected chi connectivity index (χ3v) is 6.03. The maximum Gasteiger partial charge on any atom is 0.296 e. The highest BCUT2D eigenvalue weighted by Crippen LogP contribution is 2.40. The molecule has 4 rings (SSSR count). The van der Waals surface area contributed by atoms with Crippen molar-refractivity contribution in [3.8, 4) is 5.75 Å². The highest BCUT2D eigenvalue weighted by molar-refractivity contribution is 9.10. The average Bonchev–Trinajstić information content (AvgIpc) is 3.42. The molecule has 2 heterocycles. The van der Waals surface area contributed by atoms with Crippen LogP contribution in [0.4, 0.5) is 0 Å². The van der Waals surface area contributed by atoms with Crippen molar-refractivity contribution >= 4 is 33.4 Å². The number of carbonyl (C=O) groups is 2. The molecule has 1 N–H and O–H groups in total. The Bertz CT molecular complexity index is 1170. The van der Waals surface area contributed by atoms with Crippen molar-refractivity contribution in [3.63, 3.8) is 0 Å².